The molecule has 158 valence electrons. The lowest BCUT2D eigenvalue weighted by Gasteiger charge is -2.30. The van der Waals surface area contributed by atoms with Crippen molar-refractivity contribution in [3.63, 3.8) is 0 Å². The molecule has 0 aromatic heterocycles. The van der Waals surface area contributed by atoms with E-state index in [1.165, 1.54) is 0 Å². The standard InChI is InChI=1S/C21H25Cl2NO4S/c1-15-10-19(6-7-20(15)22)28-13-18(25)12-24(17-8-9-29(26,27)14-17)11-16-4-2-3-5-21(16)23/h2-7,10,17-18,25H,8-9,11-14H2,1H3. The van der Waals surface area contributed by atoms with Gasteiger partial charge in [-0.2, -0.15) is 0 Å². The normalized spacial score (nSPS) is 19.4. The highest BCUT2D eigenvalue weighted by atomic mass is 35.5. The zero-order valence-electron chi connectivity index (χ0n) is 16.2. The van der Waals surface area contributed by atoms with Crippen LogP contribution in [0.3, 0.4) is 0 Å². The first kappa shape index (κ1) is 22.4. The molecule has 3 rings (SSSR count). The van der Waals surface area contributed by atoms with Crippen molar-refractivity contribution in [3.05, 3.63) is 63.6 Å². The third kappa shape index (κ3) is 6.33. The van der Waals surface area contributed by atoms with Gasteiger partial charge in [0.15, 0.2) is 9.84 Å². The zero-order chi connectivity index (χ0) is 21.0. The SMILES string of the molecule is Cc1cc(OCC(O)CN(Cc2ccccc2Cl)C2CCS(=O)(=O)C2)ccc1Cl. The maximum Gasteiger partial charge on any atom is 0.151 e. The molecular weight excluding hydrogens is 433 g/mol. The Morgan fingerprint density at radius 2 is 1.97 bits per heavy atom. The number of halogens is 2. The third-order valence-electron chi connectivity index (χ3n) is 5.07. The Kier molecular flexibility index (Phi) is 7.46. The number of aryl methyl sites for hydroxylation is 1. The van der Waals surface area contributed by atoms with Crippen molar-refractivity contribution in [3.8, 4) is 5.75 Å². The van der Waals surface area contributed by atoms with Crippen LogP contribution in [0.4, 0.5) is 0 Å². The number of hydrogen-bond acceptors (Lipinski definition) is 5. The molecule has 2 unspecified atom stereocenters. The number of rotatable bonds is 8. The summed E-state index contributed by atoms with van der Waals surface area (Å²) in [5.74, 6) is 0.904. The van der Waals surface area contributed by atoms with Crippen LogP contribution >= 0.6 is 23.2 Å². The molecule has 1 fully saturated rings. The van der Waals surface area contributed by atoms with Crippen LogP contribution in [-0.2, 0) is 16.4 Å². The van der Waals surface area contributed by atoms with E-state index in [1.54, 1.807) is 12.1 Å². The van der Waals surface area contributed by atoms with Crippen LogP contribution in [0.2, 0.25) is 10.0 Å². The van der Waals surface area contributed by atoms with E-state index in [0.29, 0.717) is 28.8 Å². The predicted octanol–water partition coefficient (Wildman–Crippen LogP) is 3.73. The average Bonchev–Trinajstić information content (AvgIpc) is 3.03. The molecule has 0 saturated carbocycles. The van der Waals surface area contributed by atoms with E-state index in [9.17, 15) is 13.5 Å². The fourth-order valence-electron chi connectivity index (χ4n) is 3.47. The van der Waals surface area contributed by atoms with Crippen LogP contribution in [0.5, 0.6) is 5.75 Å². The van der Waals surface area contributed by atoms with Crippen molar-refractivity contribution in [2.24, 2.45) is 0 Å². The van der Waals surface area contributed by atoms with Gasteiger partial charge in [-0.05, 0) is 48.7 Å². The minimum atomic E-state index is -3.04. The zero-order valence-corrected chi connectivity index (χ0v) is 18.6. The van der Waals surface area contributed by atoms with Gasteiger partial charge in [0.2, 0.25) is 0 Å². The van der Waals surface area contributed by atoms with Gasteiger partial charge in [0.05, 0.1) is 11.5 Å². The second-order valence-corrected chi connectivity index (χ2v) is 10.5. The molecule has 2 aromatic rings. The lowest BCUT2D eigenvalue weighted by Crippen LogP contribution is -2.42. The van der Waals surface area contributed by atoms with Gasteiger partial charge < -0.3 is 9.84 Å². The quantitative estimate of drug-likeness (QED) is 0.653. The highest BCUT2D eigenvalue weighted by Crippen LogP contribution is 2.24. The minimum Gasteiger partial charge on any atom is -0.491 e. The molecule has 0 spiro atoms. The van der Waals surface area contributed by atoms with Crippen LogP contribution < -0.4 is 4.74 Å². The summed E-state index contributed by atoms with van der Waals surface area (Å²) >= 11 is 12.3. The molecule has 0 aliphatic carbocycles. The molecule has 1 aliphatic rings. The Morgan fingerprint density at radius 3 is 2.62 bits per heavy atom. The number of benzene rings is 2. The van der Waals surface area contributed by atoms with Crippen LogP contribution in [0.25, 0.3) is 0 Å². The van der Waals surface area contributed by atoms with E-state index in [0.717, 1.165) is 11.1 Å². The number of ether oxygens (including phenoxy) is 1. The van der Waals surface area contributed by atoms with Gasteiger partial charge in [0.1, 0.15) is 18.5 Å². The number of nitrogens with zero attached hydrogens (tertiary/aromatic N) is 1. The van der Waals surface area contributed by atoms with Gasteiger partial charge in [0.25, 0.3) is 0 Å². The van der Waals surface area contributed by atoms with Crippen molar-refractivity contribution in [1.29, 1.82) is 0 Å². The van der Waals surface area contributed by atoms with Crippen LogP contribution in [0.1, 0.15) is 17.5 Å². The summed E-state index contributed by atoms with van der Waals surface area (Å²) in [6, 6.07) is 12.7. The van der Waals surface area contributed by atoms with Crippen molar-refractivity contribution in [2.45, 2.75) is 32.0 Å². The maximum absolute atomic E-state index is 12.0. The summed E-state index contributed by atoms with van der Waals surface area (Å²) in [7, 11) is -3.04. The van der Waals surface area contributed by atoms with Crippen molar-refractivity contribution >= 4 is 33.0 Å². The highest BCUT2D eigenvalue weighted by molar-refractivity contribution is 7.91. The van der Waals surface area contributed by atoms with Crippen molar-refractivity contribution in [1.82, 2.24) is 4.90 Å². The Morgan fingerprint density at radius 1 is 1.21 bits per heavy atom. The number of aliphatic hydroxyl groups is 1. The van der Waals surface area contributed by atoms with Crippen molar-refractivity contribution in [2.75, 3.05) is 24.7 Å². The average molecular weight is 458 g/mol. The van der Waals surface area contributed by atoms with E-state index in [1.807, 2.05) is 42.2 Å². The Bertz CT molecular complexity index is 951. The van der Waals surface area contributed by atoms with Gasteiger partial charge in [-0.3, -0.25) is 4.90 Å². The molecule has 5 nitrogen and oxygen atoms in total. The highest BCUT2D eigenvalue weighted by Gasteiger charge is 2.33. The lowest BCUT2D eigenvalue weighted by molar-refractivity contribution is 0.0525. The van der Waals surface area contributed by atoms with Gasteiger partial charge in [-0.15, -0.1) is 0 Å². The van der Waals surface area contributed by atoms with E-state index in [2.05, 4.69) is 0 Å². The second-order valence-electron chi connectivity index (χ2n) is 7.45. The third-order valence-corrected chi connectivity index (χ3v) is 7.62. The number of sulfone groups is 1. The summed E-state index contributed by atoms with van der Waals surface area (Å²) in [6.07, 6.45) is -0.228. The van der Waals surface area contributed by atoms with E-state index in [-0.39, 0.29) is 30.7 Å². The van der Waals surface area contributed by atoms with Gasteiger partial charge >= 0.3 is 0 Å². The molecular formula is C21H25Cl2NO4S. The van der Waals surface area contributed by atoms with Crippen LogP contribution in [0, 0.1) is 6.92 Å². The van der Waals surface area contributed by atoms with Gasteiger partial charge in [0, 0.05) is 29.2 Å². The van der Waals surface area contributed by atoms with E-state index >= 15 is 0 Å². The molecule has 0 amide bonds. The molecule has 1 saturated heterocycles. The molecule has 0 radical (unpaired) electrons. The maximum atomic E-state index is 12.0. The first-order valence-electron chi connectivity index (χ1n) is 9.48. The summed E-state index contributed by atoms with van der Waals surface area (Å²) in [5, 5.41) is 11.9. The topological polar surface area (TPSA) is 66.8 Å². The molecule has 2 aromatic carbocycles. The molecule has 29 heavy (non-hydrogen) atoms. The molecule has 0 bridgehead atoms. The lowest BCUT2D eigenvalue weighted by atomic mass is 10.1. The summed E-state index contributed by atoms with van der Waals surface area (Å²) < 4.78 is 29.6. The Hall–Kier alpha value is -1.31. The van der Waals surface area contributed by atoms with Gasteiger partial charge in [-0.1, -0.05) is 41.4 Å². The predicted molar refractivity (Wildman–Crippen MR) is 117 cm³/mol. The number of hydrogen-bond donors (Lipinski definition) is 1. The first-order chi connectivity index (χ1) is 13.7. The van der Waals surface area contributed by atoms with Crippen LogP contribution in [0.15, 0.2) is 42.5 Å². The van der Waals surface area contributed by atoms with Crippen LogP contribution in [-0.4, -0.2) is 55.2 Å². The fraction of sp³-hybridized carbons (Fsp3) is 0.429. The van der Waals surface area contributed by atoms with Gasteiger partial charge in [-0.25, -0.2) is 8.42 Å². The summed E-state index contributed by atoms with van der Waals surface area (Å²) in [4.78, 5) is 1.99. The first-order valence-corrected chi connectivity index (χ1v) is 12.1. The largest absolute Gasteiger partial charge is 0.491 e. The minimum absolute atomic E-state index is 0.0968. The smallest absolute Gasteiger partial charge is 0.151 e. The summed E-state index contributed by atoms with van der Waals surface area (Å²) in [5.41, 5.74) is 1.80. The van der Waals surface area contributed by atoms with E-state index < -0.39 is 15.9 Å². The number of aliphatic hydroxyl groups excluding tert-OH is 1. The fourth-order valence-corrected chi connectivity index (χ4v) is 5.55. The summed E-state index contributed by atoms with van der Waals surface area (Å²) in [6.45, 7) is 2.74. The monoisotopic (exact) mass is 457 g/mol. The van der Waals surface area contributed by atoms with E-state index in [4.69, 9.17) is 27.9 Å². The molecule has 1 N–H and O–H groups in total. The van der Waals surface area contributed by atoms with Crippen molar-refractivity contribution < 1.29 is 18.3 Å². The Labute approximate surface area is 182 Å². The molecule has 1 heterocycles. The Balaban J connectivity index is 1.66. The molecule has 8 heteroatoms. The second kappa shape index (κ2) is 9.67. The molecule has 2 atom stereocenters. The molecule has 1 aliphatic heterocycles.